The van der Waals surface area contributed by atoms with Gasteiger partial charge in [0.15, 0.2) is 5.65 Å². The van der Waals surface area contributed by atoms with Crippen molar-refractivity contribution in [1.82, 2.24) is 19.1 Å². The number of nitrogens with zero attached hydrogens (tertiary/aromatic N) is 4. The largest absolute Gasteiger partial charge is 0.493 e. The number of anilines is 2. The Hall–Kier alpha value is -2.58. The Morgan fingerprint density at radius 3 is 2.83 bits per heavy atom. The monoisotopic (exact) mass is 429 g/mol. The summed E-state index contributed by atoms with van der Waals surface area (Å²) in [4.78, 5) is 22.1. The van der Waals surface area contributed by atoms with E-state index >= 15 is 0 Å². The lowest BCUT2D eigenvalue weighted by molar-refractivity contribution is 0.0584. The van der Waals surface area contributed by atoms with Crippen LogP contribution in [0.4, 0.5) is 11.6 Å². The highest BCUT2D eigenvalue weighted by atomic mass is 35.5. The lowest BCUT2D eigenvalue weighted by atomic mass is 9.93. The molecular weight excluding hydrogens is 406 g/mol. The highest BCUT2D eigenvalue weighted by molar-refractivity contribution is 6.33. The van der Waals surface area contributed by atoms with Crippen LogP contribution in [0.5, 0.6) is 5.75 Å². The quantitative estimate of drug-likeness (QED) is 0.682. The van der Waals surface area contributed by atoms with Crippen LogP contribution in [0.1, 0.15) is 37.3 Å². The molecule has 1 N–H and O–H groups in total. The molecule has 1 saturated carbocycles. The van der Waals surface area contributed by atoms with Crippen molar-refractivity contribution >= 4 is 34.4 Å². The van der Waals surface area contributed by atoms with E-state index < -0.39 is 0 Å². The fraction of sp³-hybridized carbons (Fsp3) is 0.476. The molecule has 30 heavy (non-hydrogen) atoms. The molecule has 0 unspecified atom stereocenters. The van der Waals surface area contributed by atoms with Gasteiger partial charge in [-0.05, 0) is 37.3 Å². The molecule has 0 spiro atoms. The summed E-state index contributed by atoms with van der Waals surface area (Å²) in [6, 6.07) is 3.90. The van der Waals surface area contributed by atoms with Gasteiger partial charge in [-0.2, -0.15) is 4.98 Å². The van der Waals surface area contributed by atoms with Gasteiger partial charge in [-0.1, -0.05) is 11.6 Å². The van der Waals surface area contributed by atoms with Crippen molar-refractivity contribution in [2.24, 2.45) is 7.05 Å². The average Bonchev–Trinajstić information content (AvgIpc) is 3.30. The Labute approximate surface area is 178 Å². The van der Waals surface area contributed by atoms with Gasteiger partial charge in [0.2, 0.25) is 5.95 Å². The van der Waals surface area contributed by atoms with Crippen LogP contribution in [0.2, 0.25) is 5.02 Å². The SMILES string of the molecule is COC1CCC(n2c(=O)n(C)c3cnc(Nc4cc5c(cc4Cl)OCC5)nc32)CC1. The summed E-state index contributed by atoms with van der Waals surface area (Å²) in [5.41, 5.74) is 3.12. The number of hydrogen-bond donors (Lipinski definition) is 1. The molecule has 9 heteroatoms. The molecule has 158 valence electrons. The van der Waals surface area contributed by atoms with E-state index in [0.29, 0.717) is 28.7 Å². The zero-order valence-electron chi connectivity index (χ0n) is 17.0. The summed E-state index contributed by atoms with van der Waals surface area (Å²) in [5.74, 6) is 1.23. The summed E-state index contributed by atoms with van der Waals surface area (Å²) < 4.78 is 14.5. The van der Waals surface area contributed by atoms with E-state index in [9.17, 15) is 4.79 Å². The second-order valence-corrected chi connectivity index (χ2v) is 8.35. The number of hydrogen-bond acceptors (Lipinski definition) is 6. The zero-order chi connectivity index (χ0) is 20.8. The maximum absolute atomic E-state index is 13.0. The number of ether oxygens (including phenoxy) is 2. The molecule has 0 saturated heterocycles. The summed E-state index contributed by atoms with van der Waals surface area (Å²) in [5, 5.41) is 3.76. The lowest BCUT2D eigenvalue weighted by Crippen LogP contribution is -2.30. The maximum Gasteiger partial charge on any atom is 0.330 e. The molecule has 0 bridgehead atoms. The fourth-order valence-electron chi connectivity index (χ4n) is 4.48. The minimum atomic E-state index is -0.0648. The smallest absolute Gasteiger partial charge is 0.330 e. The van der Waals surface area contributed by atoms with Gasteiger partial charge in [-0.25, -0.2) is 9.78 Å². The van der Waals surface area contributed by atoms with Crippen molar-refractivity contribution in [2.45, 2.75) is 44.2 Å². The Morgan fingerprint density at radius 2 is 2.07 bits per heavy atom. The van der Waals surface area contributed by atoms with E-state index in [1.54, 1.807) is 24.9 Å². The number of nitrogens with one attached hydrogen (secondary N) is 1. The van der Waals surface area contributed by atoms with Gasteiger partial charge in [-0.15, -0.1) is 0 Å². The Bertz CT molecular complexity index is 1160. The first-order chi connectivity index (χ1) is 14.5. The normalized spacial score (nSPS) is 20.9. The number of imidazole rings is 1. The van der Waals surface area contributed by atoms with Gasteiger partial charge in [0.05, 0.1) is 29.6 Å². The minimum absolute atomic E-state index is 0.0648. The number of benzene rings is 1. The Balaban J connectivity index is 1.51. The van der Waals surface area contributed by atoms with Gasteiger partial charge < -0.3 is 14.8 Å². The average molecular weight is 430 g/mol. The van der Waals surface area contributed by atoms with Crippen molar-refractivity contribution < 1.29 is 9.47 Å². The van der Waals surface area contributed by atoms with Crippen LogP contribution in [0.3, 0.4) is 0 Å². The molecule has 1 aliphatic carbocycles. The van der Waals surface area contributed by atoms with Crippen LogP contribution in [0, 0.1) is 0 Å². The molecule has 2 aromatic heterocycles. The van der Waals surface area contributed by atoms with Crippen LogP contribution >= 0.6 is 11.6 Å². The van der Waals surface area contributed by atoms with Gasteiger partial charge in [0.1, 0.15) is 11.3 Å². The molecule has 1 aromatic carbocycles. The van der Waals surface area contributed by atoms with Crippen molar-refractivity contribution in [3.8, 4) is 5.75 Å². The van der Waals surface area contributed by atoms with Gasteiger partial charge in [-0.3, -0.25) is 9.13 Å². The fourth-order valence-corrected chi connectivity index (χ4v) is 4.68. The molecule has 2 aliphatic rings. The first kappa shape index (κ1) is 19.4. The number of fused-ring (bicyclic) bond motifs is 2. The third kappa shape index (κ3) is 3.24. The minimum Gasteiger partial charge on any atom is -0.493 e. The highest BCUT2D eigenvalue weighted by Gasteiger charge is 2.27. The first-order valence-corrected chi connectivity index (χ1v) is 10.6. The molecule has 0 amide bonds. The summed E-state index contributed by atoms with van der Waals surface area (Å²) >= 11 is 6.42. The van der Waals surface area contributed by atoms with Crippen molar-refractivity contribution in [2.75, 3.05) is 19.0 Å². The van der Waals surface area contributed by atoms with Crippen LogP contribution in [0.25, 0.3) is 11.2 Å². The molecule has 1 aliphatic heterocycles. The second kappa shape index (κ2) is 7.59. The third-order valence-corrected chi connectivity index (χ3v) is 6.51. The zero-order valence-corrected chi connectivity index (χ0v) is 17.8. The molecule has 8 nitrogen and oxygen atoms in total. The van der Waals surface area contributed by atoms with E-state index in [2.05, 4.69) is 10.3 Å². The summed E-state index contributed by atoms with van der Waals surface area (Å²) in [6.07, 6.45) is 6.46. The molecule has 3 aromatic rings. The molecular formula is C21H24ClN5O3. The van der Waals surface area contributed by atoms with Gasteiger partial charge >= 0.3 is 5.69 Å². The predicted octanol–water partition coefficient (Wildman–Crippen LogP) is 3.59. The molecule has 5 rings (SSSR count). The number of methoxy groups -OCH3 is 1. The highest BCUT2D eigenvalue weighted by Crippen LogP contribution is 2.35. The first-order valence-electron chi connectivity index (χ1n) is 10.2. The van der Waals surface area contributed by atoms with E-state index in [1.807, 2.05) is 16.7 Å². The molecule has 3 heterocycles. The number of rotatable bonds is 4. The second-order valence-electron chi connectivity index (χ2n) is 7.94. The standard InChI is InChI=1S/C21H24ClN5O3/c1-26-17-11-23-20(24-16-9-12-7-8-30-18(12)10-15(16)22)25-19(17)27(21(26)28)13-3-5-14(29-2)6-4-13/h9-11,13-14H,3-8H2,1-2H3,(H,23,24,25). The topological polar surface area (TPSA) is 83.2 Å². The van der Waals surface area contributed by atoms with Crippen LogP contribution in [-0.2, 0) is 18.2 Å². The number of halogens is 1. The van der Waals surface area contributed by atoms with Crippen LogP contribution in [-0.4, -0.2) is 38.9 Å². The van der Waals surface area contributed by atoms with Crippen LogP contribution in [0.15, 0.2) is 23.1 Å². The van der Waals surface area contributed by atoms with Crippen LogP contribution < -0.4 is 15.7 Å². The van der Waals surface area contributed by atoms with E-state index in [-0.39, 0.29) is 17.8 Å². The van der Waals surface area contributed by atoms with Crippen molar-refractivity contribution in [3.05, 3.63) is 39.4 Å². The van der Waals surface area contributed by atoms with E-state index in [1.165, 1.54) is 0 Å². The number of aryl methyl sites for hydroxylation is 1. The van der Waals surface area contributed by atoms with Gasteiger partial charge in [0.25, 0.3) is 0 Å². The molecule has 0 atom stereocenters. The van der Waals surface area contributed by atoms with Crippen molar-refractivity contribution in [3.63, 3.8) is 0 Å². The third-order valence-electron chi connectivity index (χ3n) is 6.20. The summed E-state index contributed by atoms with van der Waals surface area (Å²) in [6.45, 7) is 0.666. The Morgan fingerprint density at radius 1 is 1.27 bits per heavy atom. The van der Waals surface area contributed by atoms with E-state index in [0.717, 1.165) is 49.1 Å². The predicted molar refractivity (Wildman–Crippen MR) is 115 cm³/mol. The molecule has 0 radical (unpaired) electrons. The lowest BCUT2D eigenvalue weighted by Gasteiger charge is -2.28. The summed E-state index contributed by atoms with van der Waals surface area (Å²) in [7, 11) is 3.51. The number of aromatic nitrogens is 4. The molecule has 1 fully saturated rings. The van der Waals surface area contributed by atoms with Crippen molar-refractivity contribution in [1.29, 1.82) is 0 Å². The van der Waals surface area contributed by atoms with E-state index in [4.69, 9.17) is 26.1 Å². The van der Waals surface area contributed by atoms with Gasteiger partial charge in [0, 0.05) is 32.7 Å². The maximum atomic E-state index is 13.0. The Kier molecular flexibility index (Phi) is 4.91.